The Labute approximate surface area is 107 Å². The van der Waals surface area contributed by atoms with E-state index in [0.29, 0.717) is 12.0 Å². The van der Waals surface area contributed by atoms with Gasteiger partial charge in [0.1, 0.15) is 11.7 Å². The molecule has 0 bridgehead atoms. The van der Waals surface area contributed by atoms with E-state index in [4.69, 9.17) is 5.26 Å². The van der Waals surface area contributed by atoms with Crippen LogP contribution in [-0.2, 0) is 11.3 Å². The van der Waals surface area contributed by atoms with Gasteiger partial charge < -0.3 is 4.90 Å². The average molecular weight is 248 g/mol. The number of hydrogen-bond acceptors (Lipinski definition) is 2. The number of carbonyl (C=O) groups is 1. The lowest BCUT2D eigenvalue weighted by atomic mass is 10.0. The van der Waals surface area contributed by atoms with E-state index in [0.717, 1.165) is 6.42 Å². The van der Waals surface area contributed by atoms with Crippen molar-refractivity contribution in [2.45, 2.75) is 26.3 Å². The predicted octanol–water partition coefficient (Wildman–Crippen LogP) is 2.72. The quantitative estimate of drug-likeness (QED) is 0.804. The number of benzene rings is 1. The fourth-order valence-corrected chi connectivity index (χ4v) is 1.76. The lowest BCUT2D eigenvalue weighted by molar-refractivity contribution is -0.133. The number of carbonyl (C=O) groups excluding carboxylic acids is 1. The first-order chi connectivity index (χ1) is 8.60. The number of rotatable bonds is 5. The van der Waals surface area contributed by atoms with Gasteiger partial charge in [-0.05, 0) is 12.5 Å². The molecule has 1 unspecified atom stereocenters. The van der Waals surface area contributed by atoms with Crippen molar-refractivity contribution in [3.05, 3.63) is 35.6 Å². The summed E-state index contributed by atoms with van der Waals surface area (Å²) in [5.74, 6) is -1.21. The minimum Gasteiger partial charge on any atom is -0.340 e. The fourth-order valence-electron chi connectivity index (χ4n) is 1.76. The largest absolute Gasteiger partial charge is 0.340 e. The summed E-state index contributed by atoms with van der Waals surface area (Å²) in [6.07, 6.45) is 1.31. The molecule has 96 valence electrons. The lowest BCUT2D eigenvalue weighted by Crippen LogP contribution is -2.32. The van der Waals surface area contributed by atoms with E-state index in [2.05, 4.69) is 0 Å². The number of hydrogen-bond donors (Lipinski definition) is 0. The predicted molar refractivity (Wildman–Crippen MR) is 66.9 cm³/mol. The summed E-state index contributed by atoms with van der Waals surface area (Å²) < 4.78 is 13.4. The minimum absolute atomic E-state index is 0.188. The second-order valence-electron chi connectivity index (χ2n) is 4.26. The molecular formula is C14H17FN2O. The zero-order chi connectivity index (χ0) is 13.5. The van der Waals surface area contributed by atoms with Crippen LogP contribution < -0.4 is 0 Å². The van der Waals surface area contributed by atoms with Crippen LogP contribution in [-0.4, -0.2) is 17.9 Å². The molecule has 0 N–H and O–H groups in total. The van der Waals surface area contributed by atoms with E-state index in [1.54, 1.807) is 25.2 Å². The molecule has 0 saturated carbocycles. The zero-order valence-corrected chi connectivity index (χ0v) is 10.7. The Bertz CT molecular complexity index is 453. The van der Waals surface area contributed by atoms with E-state index in [-0.39, 0.29) is 18.3 Å². The van der Waals surface area contributed by atoms with E-state index in [1.165, 1.54) is 11.0 Å². The van der Waals surface area contributed by atoms with Gasteiger partial charge in [0.15, 0.2) is 0 Å². The molecule has 0 radical (unpaired) electrons. The van der Waals surface area contributed by atoms with E-state index in [9.17, 15) is 9.18 Å². The summed E-state index contributed by atoms with van der Waals surface area (Å²) >= 11 is 0. The molecule has 3 nitrogen and oxygen atoms in total. The van der Waals surface area contributed by atoms with Crippen LogP contribution in [0.4, 0.5) is 4.39 Å². The highest BCUT2D eigenvalue weighted by atomic mass is 19.1. The smallest absolute Gasteiger partial charge is 0.239 e. The van der Waals surface area contributed by atoms with Gasteiger partial charge in [0, 0.05) is 19.2 Å². The lowest BCUT2D eigenvalue weighted by Gasteiger charge is -2.20. The number of nitrogens with zero attached hydrogens (tertiary/aromatic N) is 2. The maximum absolute atomic E-state index is 13.4. The molecule has 18 heavy (non-hydrogen) atoms. The summed E-state index contributed by atoms with van der Waals surface area (Å²) in [5.41, 5.74) is 0.460. The minimum atomic E-state index is -0.633. The topological polar surface area (TPSA) is 44.1 Å². The Balaban J connectivity index is 2.71. The van der Waals surface area contributed by atoms with Gasteiger partial charge in [-0.15, -0.1) is 0 Å². The summed E-state index contributed by atoms with van der Waals surface area (Å²) in [4.78, 5) is 13.4. The molecule has 0 aliphatic rings. The van der Waals surface area contributed by atoms with Crippen LogP contribution in [0.1, 0.15) is 25.3 Å². The van der Waals surface area contributed by atoms with Crippen LogP contribution >= 0.6 is 0 Å². The van der Waals surface area contributed by atoms with Gasteiger partial charge in [0.2, 0.25) is 5.91 Å². The molecule has 0 spiro atoms. The molecule has 0 aromatic heterocycles. The molecule has 1 aromatic rings. The van der Waals surface area contributed by atoms with Crippen molar-refractivity contribution in [3.8, 4) is 6.07 Å². The Hall–Kier alpha value is -1.89. The summed E-state index contributed by atoms with van der Waals surface area (Å²) in [7, 11) is 1.59. The molecule has 4 heteroatoms. The summed E-state index contributed by atoms with van der Waals surface area (Å²) in [5, 5.41) is 8.93. The van der Waals surface area contributed by atoms with Crippen LogP contribution in [0.3, 0.4) is 0 Å². The van der Waals surface area contributed by atoms with Gasteiger partial charge in [-0.3, -0.25) is 4.79 Å². The van der Waals surface area contributed by atoms with Crippen LogP contribution in [0.15, 0.2) is 24.3 Å². The van der Waals surface area contributed by atoms with E-state index < -0.39 is 5.92 Å². The highest BCUT2D eigenvalue weighted by Gasteiger charge is 2.21. The van der Waals surface area contributed by atoms with E-state index >= 15 is 0 Å². The molecule has 1 aromatic carbocycles. The highest BCUT2D eigenvalue weighted by Crippen LogP contribution is 2.13. The number of nitriles is 1. The van der Waals surface area contributed by atoms with Gasteiger partial charge in [0.25, 0.3) is 0 Å². The highest BCUT2D eigenvalue weighted by molar-refractivity contribution is 5.80. The molecule has 0 fully saturated rings. The van der Waals surface area contributed by atoms with Crippen LogP contribution in [0.2, 0.25) is 0 Å². The molecule has 0 aliphatic carbocycles. The van der Waals surface area contributed by atoms with Crippen LogP contribution in [0, 0.1) is 23.1 Å². The van der Waals surface area contributed by atoms with Crippen LogP contribution in [0.25, 0.3) is 0 Å². The van der Waals surface area contributed by atoms with Crippen molar-refractivity contribution in [1.82, 2.24) is 4.90 Å². The van der Waals surface area contributed by atoms with Gasteiger partial charge in [-0.1, -0.05) is 31.5 Å². The number of amides is 1. The monoisotopic (exact) mass is 248 g/mol. The van der Waals surface area contributed by atoms with Gasteiger partial charge >= 0.3 is 0 Å². The third-order valence-electron chi connectivity index (χ3n) is 2.77. The molecule has 0 aliphatic heterocycles. The first-order valence-corrected chi connectivity index (χ1v) is 5.98. The maximum Gasteiger partial charge on any atom is 0.239 e. The summed E-state index contributed by atoms with van der Waals surface area (Å²) in [6.45, 7) is 2.11. The Morgan fingerprint density at radius 3 is 2.72 bits per heavy atom. The SMILES string of the molecule is CCCC(C#N)C(=O)N(C)Cc1ccccc1F. The van der Waals surface area contributed by atoms with Crippen LogP contribution in [0.5, 0.6) is 0 Å². The van der Waals surface area contributed by atoms with Crippen molar-refractivity contribution in [2.24, 2.45) is 5.92 Å². The molecule has 0 saturated heterocycles. The van der Waals surface area contributed by atoms with Gasteiger partial charge in [0.05, 0.1) is 6.07 Å². The van der Waals surface area contributed by atoms with Crippen molar-refractivity contribution in [3.63, 3.8) is 0 Å². The Morgan fingerprint density at radius 2 is 2.17 bits per heavy atom. The van der Waals surface area contributed by atoms with E-state index in [1.807, 2.05) is 13.0 Å². The van der Waals surface area contributed by atoms with Crippen molar-refractivity contribution < 1.29 is 9.18 Å². The second kappa shape index (κ2) is 6.75. The second-order valence-corrected chi connectivity index (χ2v) is 4.26. The fraction of sp³-hybridized carbons (Fsp3) is 0.429. The van der Waals surface area contributed by atoms with Gasteiger partial charge in [-0.25, -0.2) is 4.39 Å². The van der Waals surface area contributed by atoms with Crippen molar-refractivity contribution in [1.29, 1.82) is 5.26 Å². The Morgan fingerprint density at radius 1 is 1.50 bits per heavy atom. The standard InChI is InChI=1S/C14H17FN2O/c1-3-6-11(9-16)14(18)17(2)10-12-7-4-5-8-13(12)15/h4-5,7-8,11H,3,6,10H2,1-2H3. The first kappa shape index (κ1) is 14.2. The average Bonchev–Trinajstić information content (AvgIpc) is 2.37. The molecule has 0 heterocycles. The normalized spacial score (nSPS) is 11.7. The summed E-state index contributed by atoms with van der Waals surface area (Å²) in [6, 6.07) is 8.33. The molecule has 1 rings (SSSR count). The molecule has 1 atom stereocenters. The van der Waals surface area contributed by atoms with Crippen molar-refractivity contribution >= 4 is 5.91 Å². The third-order valence-corrected chi connectivity index (χ3v) is 2.77. The van der Waals surface area contributed by atoms with Crippen molar-refractivity contribution in [2.75, 3.05) is 7.05 Å². The first-order valence-electron chi connectivity index (χ1n) is 5.98. The molecule has 1 amide bonds. The third kappa shape index (κ3) is 3.56. The number of halogens is 1. The Kier molecular flexibility index (Phi) is 5.31. The zero-order valence-electron chi connectivity index (χ0n) is 10.7. The molecular weight excluding hydrogens is 231 g/mol. The maximum atomic E-state index is 13.4. The van der Waals surface area contributed by atoms with Gasteiger partial charge in [-0.2, -0.15) is 5.26 Å².